The lowest BCUT2D eigenvalue weighted by Crippen LogP contribution is -2.32. The minimum Gasteiger partial charge on any atom is -0.330 e. The van der Waals surface area contributed by atoms with Crippen LogP contribution in [0.4, 0.5) is 0 Å². The van der Waals surface area contributed by atoms with Crippen molar-refractivity contribution in [1.82, 2.24) is 5.06 Å². The van der Waals surface area contributed by atoms with Gasteiger partial charge in [0.05, 0.1) is 12.6 Å². The molecular weight excluding hydrogens is 365 g/mol. The molecule has 1 fully saturated rings. The van der Waals surface area contributed by atoms with Gasteiger partial charge in [0.15, 0.2) is 0 Å². The Labute approximate surface area is 149 Å². The number of hydrogen-bond donors (Lipinski definition) is 2. The van der Waals surface area contributed by atoms with Gasteiger partial charge in [-0.2, -0.15) is 0 Å². The fourth-order valence-corrected chi connectivity index (χ4v) is 3.05. The van der Waals surface area contributed by atoms with Crippen molar-refractivity contribution in [2.24, 2.45) is 0 Å². The largest absolute Gasteiger partial charge is 0.333 e. The van der Waals surface area contributed by atoms with E-state index in [1.807, 2.05) is 0 Å². The monoisotopic (exact) mass is 383 g/mol. The van der Waals surface area contributed by atoms with E-state index in [0.717, 1.165) is 0 Å². The average Bonchev–Trinajstić information content (AvgIpc) is 2.85. The second-order valence-electron chi connectivity index (χ2n) is 5.90. The number of carbonyl (C=O) groups is 4. The van der Waals surface area contributed by atoms with Gasteiger partial charge < -0.3 is 14.6 Å². The Bertz CT molecular complexity index is 751. The number of amides is 2. The van der Waals surface area contributed by atoms with E-state index in [4.69, 9.17) is 9.79 Å². The number of Topliss-reactive ketones (excluding diaryl/α,β-unsaturated/α-hetero) is 1. The lowest BCUT2D eigenvalue weighted by atomic mass is 10.0. The zero-order chi connectivity index (χ0) is 19.3. The maximum atomic E-state index is 11.9. The molecule has 26 heavy (non-hydrogen) atoms. The number of hydrogen-bond acceptors (Lipinski definition) is 6. The normalized spacial score (nSPS) is 14.6. The van der Waals surface area contributed by atoms with Gasteiger partial charge in [-0.3, -0.25) is 18.9 Å². The fourth-order valence-electron chi connectivity index (χ4n) is 2.36. The van der Waals surface area contributed by atoms with E-state index in [1.54, 1.807) is 12.1 Å². The molecule has 0 atom stereocenters. The standard InChI is InChI=1S/C16H18NO8P/c18-13(5-8-16(21)25-17-14(19)6-7-15(17)20)9-11-1-3-12(4-2-11)10-26(22,23)24/h1-4H,5-10H2,(H2,22,23,24). The molecule has 2 amide bonds. The van der Waals surface area contributed by atoms with E-state index in [9.17, 15) is 23.7 Å². The molecular formula is C16H18NO8P. The number of nitrogens with zero attached hydrogens (tertiary/aromatic N) is 1. The van der Waals surface area contributed by atoms with Gasteiger partial charge in [-0.1, -0.05) is 24.3 Å². The molecule has 2 rings (SSSR count). The molecule has 9 nitrogen and oxygen atoms in total. The highest BCUT2D eigenvalue weighted by Gasteiger charge is 2.32. The first-order valence-corrected chi connectivity index (χ1v) is 9.64. The van der Waals surface area contributed by atoms with Gasteiger partial charge >= 0.3 is 13.6 Å². The predicted octanol–water partition coefficient (Wildman–Crippen LogP) is 0.863. The molecule has 140 valence electrons. The fraction of sp³-hybridized carbons (Fsp3) is 0.375. The number of benzene rings is 1. The quantitative estimate of drug-likeness (QED) is 0.498. The summed E-state index contributed by atoms with van der Waals surface area (Å²) in [4.78, 5) is 68.7. The van der Waals surface area contributed by atoms with Crippen molar-refractivity contribution in [2.75, 3.05) is 0 Å². The molecule has 0 spiro atoms. The molecule has 1 aromatic carbocycles. The highest BCUT2D eigenvalue weighted by Crippen LogP contribution is 2.38. The van der Waals surface area contributed by atoms with Crippen molar-refractivity contribution in [1.29, 1.82) is 0 Å². The molecule has 0 bridgehead atoms. The molecule has 0 saturated carbocycles. The number of ketones is 1. The van der Waals surface area contributed by atoms with Gasteiger partial charge in [-0.25, -0.2) is 4.79 Å². The first kappa shape index (κ1) is 20.0. The summed E-state index contributed by atoms with van der Waals surface area (Å²) in [5, 5.41) is 0.437. The molecule has 1 aliphatic heterocycles. The van der Waals surface area contributed by atoms with Crippen LogP contribution in [0.25, 0.3) is 0 Å². The van der Waals surface area contributed by atoms with Crippen LogP contribution in [0.3, 0.4) is 0 Å². The Balaban J connectivity index is 1.78. The Morgan fingerprint density at radius 3 is 2.08 bits per heavy atom. The van der Waals surface area contributed by atoms with Crippen molar-refractivity contribution in [2.45, 2.75) is 38.3 Å². The number of imide groups is 1. The van der Waals surface area contributed by atoms with Gasteiger partial charge in [0.1, 0.15) is 5.78 Å². The third-order valence-electron chi connectivity index (χ3n) is 3.62. The summed E-state index contributed by atoms with van der Waals surface area (Å²) in [6.07, 6.45) is -0.691. The van der Waals surface area contributed by atoms with E-state index >= 15 is 0 Å². The van der Waals surface area contributed by atoms with Crippen molar-refractivity contribution < 1.29 is 38.4 Å². The van der Waals surface area contributed by atoms with Gasteiger partial charge in [-0.05, 0) is 11.1 Å². The highest BCUT2D eigenvalue weighted by atomic mass is 31.2. The Hall–Kier alpha value is -2.35. The van der Waals surface area contributed by atoms with Crippen LogP contribution in [0.5, 0.6) is 0 Å². The molecule has 1 heterocycles. The molecule has 1 saturated heterocycles. The maximum Gasteiger partial charge on any atom is 0.333 e. The van der Waals surface area contributed by atoms with E-state index < -0.39 is 25.4 Å². The molecule has 0 unspecified atom stereocenters. The average molecular weight is 383 g/mol. The van der Waals surface area contributed by atoms with Crippen LogP contribution >= 0.6 is 7.60 Å². The first-order valence-electron chi connectivity index (χ1n) is 7.85. The van der Waals surface area contributed by atoms with Gasteiger partial charge in [0.2, 0.25) is 0 Å². The van der Waals surface area contributed by atoms with Crippen LogP contribution < -0.4 is 0 Å². The molecule has 2 N–H and O–H groups in total. The summed E-state index contributed by atoms with van der Waals surface area (Å²) in [7, 11) is -4.14. The molecule has 0 aromatic heterocycles. The zero-order valence-electron chi connectivity index (χ0n) is 13.8. The molecule has 10 heteroatoms. The number of hydroxylamine groups is 2. The lowest BCUT2D eigenvalue weighted by molar-refractivity contribution is -0.197. The van der Waals surface area contributed by atoms with E-state index in [1.165, 1.54) is 12.1 Å². The maximum absolute atomic E-state index is 11.9. The summed E-state index contributed by atoms with van der Waals surface area (Å²) in [6.45, 7) is 0. The second kappa shape index (κ2) is 8.35. The summed E-state index contributed by atoms with van der Waals surface area (Å²) >= 11 is 0. The van der Waals surface area contributed by atoms with Gasteiger partial charge in [-0.15, -0.1) is 5.06 Å². The predicted molar refractivity (Wildman–Crippen MR) is 87.3 cm³/mol. The Morgan fingerprint density at radius 1 is 1.00 bits per heavy atom. The minimum absolute atomic E-state index is 0.00303. The van der Waals surface area contributed by atoms with Crippen molar-refractivity contribution in [3.63, 3.8) is 0 Å². The topological polar surface area (TPSA) is 138 Å². The smallest absolute Gasteiger partial charge is 0.330 e. The van der Waals surface area contributed by atoms with Crippen LogP contribution in [0.1, 0.15) is 36.8 Å². The van der Waals surface area contributed by atoms with Gasteiger partial charge in [0.25, 0.3) is 11.8 Å². The molecule has 1 aromatic rings. The highest BCUT2D eigenvalue weighted by molar-refractivity contribution is 7.50. The van der Waals surface area contributed by atoms with Crippen LogP contribution in [0.2, 0.25) is 0 Å². The zero-order valence-corrected chi connectivity index (χ0v) is 14.7. The third kappa shape index (κ3) is 6.18. The lowest BCUT2D eigenvalue weighted by Gasteiger charge is -2.12. The van der Waals surface area contributed by atoms with Crippen LogP contribution in [0, 0.1) is 0 Å². The number of rotatable bonds is 8. The first-order chi connectivity index (χ1) is 12.1. The Morgan fingerprint density at radius 2 is 1.54 bits per heavy atom. The minimum atomic E-state index is -4.14. The van der Waals surface area contributed by atoms with E-state index in [-0.39, 0.29) is 44.0 Å². The second-order valence-corrected chi connectivity index (χ2v) is 7.55. The summed E-state index contributed by atoms with van der Waals surface area (Å²) in [5.41, 5.74) is 1.10. The van der Waals surface area contributed by atoms with Crippen LogP contribution in [-0.2, 0) is 41.2 Å². The van der Waals surface area contributed by atoms with Crippen molar-refractivity contribution >= 4 is 31.2 Å². The van der Waals surface area contributed by atoms with Crippen LogP contribution in [0.15, 0.2) is 24.3 Å². The summed E-state index contributed by atoms with van der Waals surface area (Å²) in [6, 6.07) is 6.23. The van der Waals surface area contributed by atoms with Crippen LogP contribution in [-0.4, -0.2) is 38.4 Å². The summed E-state index contributed by atoms with van der Waals surface area (Å²) < 4.78 is 10.9. The molecule has 1 aliphatic rings. The van der Waals surface area contributed by atoms with E-state index in [0.29, 0.717) is 16.2 Å². The summed E-state index contributed by atoms with van der Waals surface area (Å²) in [5.74, 6) is -2.24. The molecule has 0 radical (unpaired) electrons. The van der Waals surface area contributed by atoms with Gasteiger partial charge in [0, 0.05) is 25.7 Å². The Kier molecular flexibility index (Phi) is 6.42. The SMILES string of the molecule is O=C(CCC(=O)ON1C(=O)CCC1=O)Cc1ccc(CP(=O)(O)O)cc1. The van der Waals surface area contributed by atoms with Crippen molar-refractivity contribution in [3.05, 3.63) is 35.4 Å². The van der Waals surface area contributed by atoms with Crippen molar-refractivity contribution in [3.8, 4) is 0 Å². The third-order valence-corrected chi connectivity index (χ3v) is 4.40. The number of carbonyl (C=O) groups excluding carboxylic acids is 4. The molecule has 0 aliphatic carbocycles. The van der Waals surface area contributed by atoms with E-state index in [2.05, 4.69) is 4.84 Å².